The normalized spacial score (nSPS) is 23.0. The molecule has 0 aromatic carbocycles. The molecule has 0 radical (unpaired) electrons. The van der Waals surface area contributed by atoms with E-state index in [2.05, 4.69) is 27.7 Å². The third-order valence-electron chi connectivity index (χ3n) is 3.47. The standard InChI is InChI=1S/C12H24O3/c1-5-12(6-2,7-13)10-14-8-11(3,4)9-15-10/h10,13H,5-9H2,1-4H3. The minimum Gasteiger partial charge on any atom is -0.396 e. The fourth-order valence-corrected chi connectivity index (χ4v) is 1.93. The number of aliphatic hydroxyl groups excluding tert-OH is 1. The molecule has 1 fully saturated rings. The van der Waals surface area contributed by atoms with Crippen LogP contribution in [0.4, 0.5) is 0 Å². The molecule has 0 aromatic heterocycles. The lowest BCUT2D eigenvalue weighted by Gasteiger charge is -2.43. The van der Waals surface area contributed by atoms with E-state index < -0.39 is 0 Å². The van der Waals surface area contributed by atoms with Gasteiger partial charge in [-0.1, -0.05) is 27.7 Å². The molecule has 3 nitrogen and oxygen atoms in total. The van der Waals surface area contributed by atoms with Gasteiger partial charge in [-0.05, 0) is 12.8 Å². The second kappa shape index (κ2) is 4.81. The molecule has 1 heterocycles. The summed E-state index contributed by atoms with van der Waals surface area (Å²) in [5.41, 5.74) is -0.129. The van der Waals surface area contributed by atoms with Crippen molar-refractivity contribution in [2.45, 2.75) is 46.8 Å². The van der Waals surface area contributed by atoms with Crippen molar-refractivity contribution < 1.29 is 14.6 Å². The molecule has 0 unspecified atom stereocenters. The highest BCUT2D eigenvalue weighted by Crippen LogP contribution is 2.37. The van der Waals surface area contributed by atoms with Crippen molar-refractivity contribution in [3.8, 4) is 0 Å². The number of hydrogen-bond donors (Lipinski definition) is 1. The van der Waals surface area contributed by atoms with Gasteiger partial charge in [-0.3, -0.25) is 0 Å². The maximum Gasteiger partial charge on any atom is 0.165 e. The Hall–Kier alpha value is -0.120. The summed E-state index contributed by atoms with van der Waals surface area (Å²) in [5, 5.41) is 9.50. The van der Waals surface area contributed by atoms with Gasteiger partial charge in [0, 0.05) is 10.8 Å². The molecule has 1 rings (SSSR count). The highest BCUT2D eigenvalue weighted by Gasteiger charge is 2.41. The van der Waals surface area contributed by atoms with Gasteiger partial charge in [-0.15, -0.1) is 0 Å². The maximum atomic E-state index is 9.50. The van der Waals surface area contributed by atoms with Crippen LogP contribution in [0.15, 0.2) is 0 Å². The predicted octanol–water partition coefficient (Wildman–Crippen LogP) is 2.18. The Balaban J connectivity index is 2.64. The van der Waals surface area contributed by atoms with Gasteiger partial charge in [-0.25, -0.2) is 0 Å². The fourth-order valence-electron chi connectivity index (χ4n) is 1.93. The van der Waals surface area contributed by atoms with Crippen LogP contribution in [0, 0.1) is 10.8 Å². The smallest absolute Gasteiger partial charge is 0.165 e. The third kappa shape index (κ3) is 2.71. The molecule has 1 saturated heterocycles. The molecule has 0 bridgehead atoms. The molecule has 0 aromatic rings. The highest BCUT2D eigenvalue weighted by atomic mass is 16.7. The lowest BCUT2D eigenvalue weighted by atomic mass is 9.81. The number of ether oxygens (including phenoxy) is 2. The van der Waals surface area contributed by atoms with Gasteiger partial charge >= 0.3 is 0 Å². The summed E-state index contributed by atoms with van der Waals surface area (Å²) >= 11 is 0. The SMILES string of the molecule is CCC(CC)(CO)C1OCC(C)(C)CO1. The summed E-state index contributed by atoms with van der Waals surface area (Å²) in [6, 6.07) is 0. The van der Waals surface area contributed by atoms with E-state index in [1.165, 1.54) is 0 Å². The first-order valence-corrected chi connectivity index (χ1v) is 5.84. The van der Waals surface area contributed by atoms with Crippen molar-refractivity contribution in [3.05, 3.63) is 0 Å². The molecule has 1 aliphatic rings. The Morgan fingerprint density at radius 2 is 1.67 bits per heavy atom. The molecule has 3 heteroatoms. The summed E-state index contributed by atoms with van der Waals surface area (Å²) in [5.74, 6) is 0. The summed E-state index contributed by atoms with van der Waals surface area (Å²) in [7, 11) is 0. The number of aliphatic hydroxyl groups is 1. The molecular weight excluding hydrogens is 192 g/mol. The second-order valence-electron chi connectivity index (χ2n) is 5.35. The van der Waals surface area contributed by atoms with Crippen LogP contribution in [0.3, 0.4) is 0 Å². The van der Waals surface area contributed by atoms with Crippen molar-refractivity contribution in [1.29, 1.82) is 0 Å². The Morgan fingerprint density at radius 1 is 1.20 bits per heavy atom. The first-order chi connectivity index (χ1) is 6.99. The van der Waals surface area contributed by atoms with Gasteiger partial charge < -0.3 is 14.6 Å². The molecular formula is C12H24O3. The minimum absolute atomic E-state index is 0.0964. The van der Waals surface area contributed by atoms with Crippen LogP contribution >= 0.6 is 0 Å². The topological polar surface area (TPSA) is 38.7 Å². The third-order valence-corrected chi connectivity index (χ3v) is 3.47. The lowest BCUT2D eigenvalue weighted by Crippen LogP contribution is -2.48. The molecule has 0 saturated carbocycles. The highest BCUT2D eigenvalue weighted by molar-refractivity contribution is 4.83. The van der Waals surface area contributed by atoms with Gasteiger partial charge in [0.1, 0.15) is 0 Å². The number of rotatable bonds is 4. The zero-order valence-electron chi connectivity index (χ0n) is 10.4. The first-order valence-electron chi connectivity index (χ1n) is 5.84. The fraction of sp³-hybridized carbons (Fsp3) is 1.00. The largest absolute Gasteiger partial charge is 0.396 e. The van der Waals surface area contributed by atoms with Gasteiger partial charge in [0.05, 0.1) is 19.8 Å². The molecule has 0 aliphatic carbocycles. The average Bonchev–Trinajstić information content (AvgIpc) is 2.23. The van der Waals surface area contributed by atoms with Crippen LogP contribution in [0.1, 0.15) is 40.5 Å². The predicted molar refractivity (Wildman–Crippen MR) is 59.6 cm³/mol. The van der Waals surface area contributed by atoms with E-state index in [1.54, 1.807) is 0 Å². The Morgan fingerprint density at radius 3 is 2.00 bits per heavy atom. The van der Waals surface area contributed by atoms with Crippen LogP contribution in [-0.2, 0) is 9.47 Å². The quantitative estimate of drug-likeness (QED) is 0.783. The zero-order valence-corrected chi connectivity index (χ0v) is 10.4. The van der Waals surface area contributed by atoms with Crippen molar-refractivity contribution in [2.24, 2.45) is 10.8 Å². The van der Waals surface area contributed by atoms with Gasteiger partial charge in [0.15, 0.2) is 6.29 Å². The van der Waals surface area contributed by atoms with Crippen LogP contribution < -0.4 is 0 Å². The van der Waals surface area contributed by atoms with Crippen LogP contribution in [0.5, 0.6) is 0 Å². The molecule has 0 spiro atoms. The monoisotopic (exact) mass is 216 g/mol. The van der Waals surface area contributed by atoms with Crippen LogP contribution in [-0.4, -0.2) is 31.2 Å². The van der Waals surface area contributed by atoms with Crippen molar-refractivity contribution >= 4 is 0 Å². The molecule has 0 amide bonds. The van der Waals surface area contributed by atoms with E-state index in [1.807, 2.05) is 0 Å². The Labute approximate surface area is 92.8 Å². The summed E-state index contributed by atoms with van der Waals surface area (Å²) < 4.78 is 11.5. The Bertz CT molecular complexity index is 179. The average molecular weight is 216 g/mol. The molecule has 1 aliphatic heterocycles. The van der Waals surface area contributed by atoms with Crippen LogP contribution in [0.2, 0.25) is 0 Å². The van der Waals surface area contributed by atoms with E-state index in [4.69, 9.17) is 9.47 Å². The van der Waals surface area contributed by atoms with Gasteiger partial charge in [-0.2, -0.15) is 0 Å². The Kier molecular flexibility index (Phi) is 4.15. The molecule has 90 valence electrons. The minimum atomic E-state index is -0.245. The lowest BCUT2D eigenvalue weighted by molar-refractivity contribution is -0.276. The maximum absolute atomic E-state index is 9.50. The van der Waals surface area contributed by atoms with Crippen LogP contribution in [0.25, 0.3) is 0 Å². The van der Waals surface area contributed by atoms with E-state index in [0.29, 0.717) is 13.2 Å². The number of hydrogen-bond acceptors (Lipinski definition) is 3. The summed E-state index contributed by atoms with van der Waals surface area (Å²) in [6.45, 7) is 9.95. The molecule has 1 N–H and O–H groups in total. The summed E-state index contributed by atoms with van der Waals surface area (Å²) in [4.78, 5) is 0. The van der Waals surface area contributed by atoms with E-state index in [-0.39, 0.29) is 23.7 Å². The first kappa shape index (κ1) is 12.9. The van der Waals surface area contributed by atoms with Crippen molar-refractivity contribution in [2.75, 3.05) is 19.8 Å². The van der Waals surface area contributed by atoms with Gasteiger partial charge in [0.25, 0.3) is 0 Å². The zero-order chi connectivity index (χ0) is 11.5. The van der Waals surface area contributed by atoms with Crippen molar-refractivity contribution in [1.82, 2.24) is 0 Å². The second-order valence-corrected chi connectivity index (χ2v) is 5.35. The van der Waals surface area contributed by atoms with E-state index in [9.17, 15) is 5.11 Å². The van der Waals surface area contributed by atoms with Crippen molar-refractivity contribution in [3.63, 3.8) is 0 Å². The van der Waals surface area contributed by atoms with Gasteiger partial charge in [0.2, 0.25) is 0 Å². The van der Waals surface area contributed by atoms with E-state index in [0.717, 1.165) is 12.8 Å². The van der Waals surface area contributed by atoms with E-state index >= 15 is 0 Å². The summed E-state index contributed by atoms with van der Waals surface area (Å²) in [6.07, 6.45) is 1.52. The molecule has 15 heavy (non-hydrogen) atoms. The molecule has 0 atom stereocenters.